The Morgan fingerprint density at radius 2 is 1.47 bits per heavy atom. The average Bonchev–Trinajstić information content (AvgIpc) is 2.16. The normalized spacial score (nSPS) is 19.5. The number of hydrogen-bond acceptors (Lipinski definition) is 1. The minimum atomic E-state index is -0.371. The van der Waals surface area contributed by atoms with Gasteiger partial charge < -0.3 is 5.11 Å². The highest BCUT2D eigenvalue weighted by Crippen LogP contribution is 2.31. The van der Waals surface area contributed by atoms with Crippen molar-refractivity contribution in [1.82, 2.24) is 0 Å². The summed E-state index contributed by atoms with van der Waals surface area (Å²) in [6.45, 7) is 10.8. The Hall–Kier alpha value is -0.300. The van der Waals surface area contributed by atoms with Gasteiger partial charge in [-0.05, 0) is 31.1 Å². The molecule has 0 aliphatic heterocycles. The fraction of sp³-hybridized carbons (Fsp3) is 0.875. The Kier molecular flexibility index (Phi) is 8.59. The van der Waals surface area contributed by atoms with Crippen molar-refractivity contribution in [2.24, 2.45) is 11.8 Å². The van der Waals surface area contributed by atoms with Gasteiger partial charge in [0.05, 0.1) is 5.60 Å². The van der Waals surface area contributed by atoms with E-state index in [9.17, 15) is 5.11 Å². The van der Waals surface area contributed by atoms with E-state index in [1.54, 1.807) is 0 Å². The van der Waals surface area contributed by atoms with Crippen LogP contribution in [-0.2, 0) is 0 Å². The maximum atomic E-state index is 10.1. The smallest absolute Gasteiger partial charge is 0.0682 e. The molecule has 0 aromatic heterocycles. The van der Waals surface area contributed by atoms with Gasteiger partial charge in [0, 0.05) is 0 Å². The Morgan fingerprint density at radius 1 is 1.00 bits per heavy atom. The van der Waals surface area contributed by atoms with Crippen molar-refractivity contribution >= 4 is 0 Å². The van der Waals surface area contributed by atoms with Gasteiger partial charge in [-0.25, -0.2) is 0 Å². The molecule has 0 unspecified atom stereocenters. The molecule has 0 radical (unpaired) electrons. The van der Waals surface area contributed by atoms with Crippen LogP contribution in [0.1, 0.15) is 73.1 Å². The molecule has 0 aromatic rings. The summed E-state index contributed by atoms with van der Waals surface area (Å²) in [5.74, 6) is 1.44. The summed E-state index contributed by atoms with van der Waals surface area (Å²) >= 11 is 0. The van der Waals surface area contributed by atoms with Crippen molar-refractivity contribution < 1.29 is 5.11 Å². The van der Waals surface area contributed by atoms with Crippen LogP contribution in [0.5, 0.6) is 0 Å². The third kappa shape index (κ3) is 10.6. The molecule has 0 bridgehead atoms. The van der Waals surface area contributed by atoms with E-state index in [1.165, 1.54) is 19.3 Å². The monoisotopic (exact) mass is 240 g/mol. The van der Waals surface area contributed by atoms with Crippen molar-refractivity contribution in [2.45, 2.75) is 78.7 Å². The lowest BCUT2D eigenvalue weighted by Crippen LogP contribution is -2.30. The average molecular weight is 240 g/mol. The highest BCUT2D eigenvalue weighted by molar-refractivity contribution is 4.94. The molecule has 1 nitrogen and oxygen atoms in total. The minimum absolute atomic E-state index is 0.371. The predicted molar refractivity (Wildman–Crippen MR) is 77.1 cm³/mol. The topological polar surface area (TPSA) is 20.2 Å². The zero-order chi connectivity index (χ0) is 13.3. The fourth-order valence-corrected chi connectivity index (χ4v) is 1.97. The van der Waals surface area contributed by atoms with Crippen LogP contribution in [0, 0.1) is 11.8 Å². The standard InChI is InChI=1S/C12H22O.C4H10/c1-11(2)7-6-10-12(13)8-4-3-5-9-12;1-4(2)3/h6-7,11,13H,3-5,8-10H2,1-2H3;4H,1-3H3/b7-6+;. The van der Waals surface area contributed by atoms with E-state index in [-0.39, 0.29) is 5.60 Å². The van der Waals surface area contributed by atoms with Gasteiger partial charge in [0.15, 0.2) is 0 Å². The van der Waals surface area contributed by atoms with Crippen LogP contribution >= 0.6 is 0 Å². The van der Waals surface area contributed by atoms with Gasteiger partial charge in [0.1, 0.15) is 0 Å². The largest absolute Gasteiger partial charge is 0.390 e. The third-order valence-corrected chi connectivity index (χ3v) is 2.80. The molecule has 1 aliphatic rings. The summed E-state index contributed by atoms with van der Waals surface area (Å²) in [6, 6.07) is 0. The molecule has 1 rings (SSSR count). The van der Waals surface area contributed by atoms with E-state index < -0.39 is 0 Å². The molecule has 1 heteroatoms. The Labute approximate surface area is 108 Å². The molecule has 0 saturated heterocycles. The second-order valence-electron chi connectivity index (χ2n) is 6.39. The molecule has 0 heterocycles. The number of allylic oxidation sites excluding steroid dienone is 1. The van der Waals surface area contributed by atoms with Crippen LogP contribution in [0.3, 0.4) is 0 Å². The van der Waals surface area contributed by atoms with Gasteiger partial charge in [0.25, 0.3) is 0 Å². The van der Waals surface area contributed by atoms with E-state index in [2.05, 4.69) is 46.8 Å². The van der Waals surface area contributed by atoms with Gasteiger partial charge in [0.2, 0.25) is 0 Å². The molecule has 0 aromatic carbocycles. The second kappa shape index (κ2) is 8.74. The van der Waals surface area contributed by atoms with E-state index >= 15 is 0 Å². The first-order valence-corrected chi connectivity index (χ1v) is 7.25. The highest BCUT2D eigenvalue weighted by atomic mass is 16.3. The van der Waals surface area contributed by atoms with Crippen molar-refractivity contribution in [1.29, 1.82) is 0 Å². The molecule has 1 saturated carbocycles. The van der Waals surface area contributed by atoms with Crippen molar-refractivity contribution in [3.8, 4) is 0 Å². The maximum absolute atomic E-state index is 10.1. The summed E-state index contributed by atoms with van der Waals surface area (Å²) in [4.78, 5) is 0. The van der Waals surface area contributed by atoms with Crippen molar-refractivity contribution in [3.05, 3.63) is 12.2 Å². The summed E-state index contributed by atoms with van der Waals surface area (Å²) < 4.78 is 0. The zero-order valence-corrected chi connectivity index (χ0v) is 12.5. The number of aliphatic hydroxyl groups is 1. The van der Waals surface area contributed by atoms with Crippen molar-refractivity contribution in [2.75, 3.05) is 0 Å². The minimum Gasteiger partial charge on any atom is -0.390 e. The van der Waals surface area contributed by atoms with Crippen LogP contribution in [-0.4, -0.2) is 10.7 Å². The lowest BCUT2D eigenvalue weighted by atomic mass is 9.82. The molecule has 102 valence electrons. The molecule has 1 N–H and O–H groups in total. The van der Waals surface area contributed by atoms with Gasteiger partial charge in [-0.3, -0.25) is 0 Å². The van der Waals surface area contributed by atoms with E-state index in [0.29, 0.717) is 5.92 Å². The van der Waals surface area contributed by atoms with Gasteiger partial charge >= 0.3 is 0 Å². The quantitative estimate of drug-likeness (QED) is 0.692. The summed E-state index contributed by atoms with van der Waals surface area (Å²) in [5, 5.41) is 10.1. The first-order valence-electron chi connectivity index (χ1n) is 7.25. The molecule has 0 amide bonds. The van der Waals surface area contributed by atoms with Crippen LogP contribution in [0.15, 0.2) is 12.2 Å². The Balaban J connectivity index is 0.000000557. The SMILES string of the molecule is CC(C)/C=C/CC1(O)CCCCC1.CC(C)C. The van der Waals surface area contributed by atoms with Crippen LogP contribution in [0.2, 0.25) is 0 Å². The number of hydrogen-bond donors (Lipinski definition) is 1. The second-order valence-corrected chi connectivity index (χ2v) is 6.39. The molecule has 1 aliphatic carbocycles. The van der Waals surface area contributed by atoms with Gasteiger partial charge in [-0.15, -0.1) is 0 Å². The maximum Gasteiger partial charge on any atom is 0.0682 e. The Bertz CT molecular complexity index is 195. The van der Waals surface area contributed by atoms with E-state index in [1.807, 2.05) is 0 Å². The van der Waals surface area contributed by atoms with Crippen LogP contribution < -0.4 is 0 Å². The van der Waals surface area contributed by atoms with Crippen LogP contribution in [0.4, 0.5) is 0 Å². The zero-order valence-electron chi connectivity index (χ0n) is 12.5. The lowest BCUT2D eigenvalue weighted by molar-refractivity contribution is 0.00687. The highest BCUT2D eigenvalue weighted by Gasteiger charge is 2.27. The third-order valence-electron chi connectivity index (χ3n) is 2.80. The van der Waals surface area contributed by atoms with E-state index in [0.717, 1.165) is 25.2 Å². The van der Waals surface area contributed by atoms with Gasteiger partial charge in [-0.1, -0.05) is 66.0 Å². The van der Waals surface area contributed by atoms with Crippen LogP contribution in [0.25, 0.3) is 0 Å². The summed E-state index contributed by atoms with van der Waals surface area (Å²) in [5.41, 5.74) is -0.371. The predicted octanol–water partition coefficient (Wildman–Crippen LogP) is 4.95. The van der Waals surface area contributed by atoms with Crippen molar-refractivity contribution in [3.63, 3.8) is 0 Å². The molecular weight excluding hydrogens is 208 g/mol. The first kappa shape index (κ1) is 16.7. The molecule has 1 fully saturated rings. The number of rotatable bonds is 3. The lowest BCUT2D eigenvalue weighted by Gasteiger charge is -2.31. The molecule has 17 heavy (non-hydrogen) atoms. The molecule has 0 atom stereocenters. The summed E-state index contributed by atoms with van der Waals surface area (Å²) in [7, 11) is 0. The first-order chi connectivity index (χ1) is 7.86. The molecular formula is C16H32O. The summed E-state index contributed by atoms with van der Waals surface area (Å²) in [6.07, 6.45) is 10.9. The Morgan fingerprint density at radius 3 is 1.88 bits per heavy atom. The fourth-order valence-electron chi connectivity index (χ4n) is 1.97. The van der Waals surface area contributed by atoms with Gasteiger partial charge in [-0.2, -0.15) is 0 Å². The molecule has 0 spiro atoms. The van der Waals surface area contributed by atoms with E-state index in [4.69, 9.17) is 0 Å².